The van der Waals surface area contributed by atoms with Crippen molar-refractivity contribution in [2.24, 2.45) is 10.4 Å². The molecule has 0 spiro atoms. The van der Waals surface area contributed by atoms with E-state index in [9.17, 15) is 0 Å². The molecular formula is C14H26IN5. The van der Waals surface area contributed by atoms with Gasteiger partial charge in [0.2, 0.25) is 0 Å². The average molecular weight is 391 g/mol. The molecule has 0 aliphatic carbocycles. The minimum Gasteiger partial charge on any atom is -0.354 e. The van der Waals surface area contributed by atoms with E-state index in [-0.39, 0.29) is 24.0 Å². The molecule has 0 bridgehead atoms. The van der Waals surface area contributed by atoms with E-state index in [0.29, 0.717) is 5.41 Å². The minimum atomic E-state index is 0. The van der Waals surface area contributed by atoms with E-state index in [1.54, 1.807) is 0 Å². The second-order valence-corrected chi connectivity index (χ2v) is 5.58. The number of aromatic nitrogens is 2. The first kappa shape index (κ1) is 17.3. The summed E-state index contributed by atoms with van der Waals surface area (Å²) in [5.74, 6) is 1.02. The summed E-state index contributed by atoms with van der Waals surface area (Å²) < 4.78 is 1.93. The summed E-state index contributed by atoms with van der Waals surface area (Å²) in [6.07, 6.45) is 6.27. The number of hydrogen-bond acceptors (Lipinski definition) is 2. The highest BCUT2D eigenvalue weighted by Crippen LogP contribution is 2.32. The maximum Gasteiger partial charge on any atom is 0.193 e. The Balaban J connectivity index is 0.00000200. The fraction of sp³-hybridized carbons (Fsp3) is 0.714. The van der Waals surface area contributed by atoms with Crippen LogP contribution in [0.3, 0.4) is 0 Å². The predicted molar refractivity (Wildman–Crippen MR) is 93.6 cm³/mol. The summed E-state index contributed by atoms with van der Waals surface area (Å²) in [4.78, 5) is 6.76. The molecule has 1 atom stereocenters. The molecule has 1 aliphatic heterocycles. The zero-order valence-electron chi connectivity index (χ0n) is 12.7. The van der Waals surface area contributed by atoms with Gasteiger partial charge in [-0.3, -0.25) is 9.67 Å². The van der Waals surface area contributed by atoms with E-state index in [1.807, 2.05) is 30.2 Å². The van der Waals surface area contributed by atoms with Crippen LogP contribution in [0.1, 0.15) is 26.7 Å². The Morgan fingerprint density at radius 2 is 2.30 bits per heavy atom. The molecule has 1 N–H and O–H groups in total. The Labute approximate surface area is 138 Å². The van der Waals surface area contributed by atoms with Crippen LogP contribution in [0.25, 0.3) is 0 Å². The van der Waals surface area contributed by atoms with Gasteiger partial charge < -0.3 is 10.2 Å². The van der Waals surface area contributed by atoms with Gasteiger partial charge in [0.1, 0.15) is 0 Å². The first-order chi connectivity index (χ1) is 9.17. The highest BCUT2D eigenvalue weighted by atomic mass is 127. The molecule has 0 saturated carbocycles. The minimum absolute atomic E-state index is 0. The lowest BCUT2D eigenvalue weighted by Crippen LogP contribution is -2.42. The third kappa shape index (κ3) is 4.36. The Hall–Kier alpha value is -0.790. The Bertz CT molecular complexity index is 417. The maximum absolute atomic E-state index is 4.39. The third-order valence-corrected chi connectivity index (χ3v) is 4.11. The molecule has 20 heavy (non-hydrogen) atoms. The van der Waals surface area contributed by atoms with E-state index in [2.05, 4.69) is 34.2 Å². The standard InChI is InChI=1S/C14H25N5.HI/c1-4-14(2)6-10-18(12-14)13(15-3)16-8-11-19-9-5-7-17-19;/h5,7,9H,4,6,8,10-12H2,1-3H3,(H,15,16);1H. The van der Waals surface area contributed by atoms with Gasteiger partial charge in [-0.15, -0.1) is 24.0 Å². The van der Waals surface area contributed by atoms with Crippen molar-refractivity contribution in [2.45, 2.75) is 33.2 Å². The molecule has 1 aromatic heterocycles. The van der Waals surface area contributed by atoms with Crippen molar-refractivity contribution >= 4 is 29.9 Å². The molecule has 1 unspecified atom stereocenters. The van der Waals surface area contributed by atoms with Crippen molar-refractivity contribution in [1.82, 2.24) is 20.0 Å². The zero-order chi connectivity index (χ0) is 13.7. The summed E-state index contributed by atoms with van der Waals surface area (Å²) in [5.41, 5.74) is 0.444. The fourth-order valence-corrected chi connectivity index (χ4v) is 2.54. The molecule has 5 nitrogen and oxygen atoms in total. The van der Waals surface area contributed by atoms with Crippen LogP contribution in [0.4, 0.5) is 0 Å². The van der Waals surface area contributed by atoms with Crippen LogP contribution in [0.2, 0.25) is 0 Å². The van der Waals surface area contributed by atoms with Crippen LogP contribution in [0.5, 0.6) is 0 Å². The second-order valence-electron chi connectivity index (χ2n) is 5.58. The summed E-state index contributed by atoms with van der Waals surface area (Å²) >= 11 is 0. The van der Waals surface area contributed by atoms with Crippen molar-refractivity contribution in [2.75, 3.05) is 26.7 Å². The molecule has 0 aromatic carbocycles. The highest BCUT2D eigenvalue weighted by molar-refractivity contribution is 14.0. The summed E-state index contributed by atoms with van der Waals surface area (Å²) in [6.45, 7) is 8.57. The molecule has 1 fully saturated rings. The Morgan fingerprint density at radius 3 is 2.85 bits per heavy atom. The van der Waals surface area contributed by atoms with Crippen molar-refractivity contribution in [1.29, 1.82) is 0 Å². The molecule has 1 aromatic rings. The van der Waals surface area contributed by atoms with E-state index in [1.165, 1.54) is 12.8 Å². The lowest BCUT2D eigenvalue weighted by atomic mass is 9.87. The molecule has 2 rings (SSSR count). The lowest BCUT2D eigenvalue weighted by Gasteiger charge is -2.25. The molecular weight excluding hydrogens is 365 g/mol. The fourth-order valence-electron chi connectivity index (χ4n) is 2.54. The van der Waals surface area contributed by atoms with Crippen LogP contribution in [0.15, 0.2) is 23.5 Å². The third-order valence-electron chi connectivity index (χ3n) is 4.11. The lowest BCUT2D eigenvalue weighted by molar-refractivity contribution is 0.322. The van der Waals surface area contributed by atoms with E-state index < -0.39 is 0 Å². The summed E-state index contributed by atoms with van der Waals surface area (Å²) in [6, 6.07) is 1.95. The van der Waals surface area contributed by atoms with Crippen molar-refractivity contribution in [3.8, 4) is 0 Å². The van der Waals surface area contributed by atoms with E-state index >= 15 is 0 Å². The molecule has 6 heteroatoms. The SMILES string of the molecule is CCC1(C)CCN(C(=NC)NCCn2cccn2)C1.I. The van der Waals surface area contributed by atoms with Gasteiger partial charge in [-0.05, 0) is 24.3 Å². The van der Waals surface area contributed by atoms with Crippen LogP contribution < -0.4 is 5.32 Å². The Kier molecular flexibility index (Phi) is 6.78. The van der Waals surface area contributed by atoms with Crippen molar-refractivity contribution in [3.05, 3.63) is 18.5 Å². The molecule has 0 radical (unpaired) electrons. The van der Waals surface area contributed by atoms with Gasteiger partial charge in [-0.2, -0.15) is 5.10 Å². The largest absolute Gasteiger partial charge is 0.354 e. The van der Waals surface area contributed by atoms with Crippen molar-refractivity contribution in [3.63, 3.8) is 0 Å². The van der Waals surface area contributed by atoms with Gasteiger partial charge in [0.05, 0.1) is 6.54 Å². The molecule has 1 saturated heterocycles. The number of guanidine groups is 1. The van der Waals surface area contributed by atoms with Gasteiger partial charge in [0, 0.05) is 39.1 Å². The maximum atomic E-state index is 4.39. The van der Waals surface area contributed by atoms with Gasteiger partial charge in [0.25, 0.3) is 0 Å². The number of halogens is 1. The quantitative estimate of drug-likeness (QED) is 0.486. The first-order valence-corrected chi connectivity index (χ1v) is 7.10. The first-order valence-electron chi connectivity index (χ1n) is 7.10. The summed E-state index contributed by atoms with van der Waals surface area (Å²) in [5, 5.41) is 7.62. The predicted octanol–water partition coefficient (Wildman–Crippen LogP) is 2.20. The number of hydrogen-bond donors (Lipinski definition) is 1. The zero-order valence-corrected chi connectivity index (χ0v) is 15.0. The van der Waals surface area contributed by atoms with Gasteiger partial charge in [0.15, 0.2) is 5.96 Å². The van der Waals surface area contributed by atoms with Gasteiger partial charge in [-0.1, -0.05) is 13.8 Å². The van der Waals surface area contributed by atoms with E-state index in [0.717, 1.165) is 32.1 Å². The smallest absolute Gasteiger partial charge is 0.193 e. The second kappa shape index (κ2) is 7.85. The van der Waals surface area contributed by atoms with Gasteiger partial charge in [-0.25, -0.2) is 0 Å². The number of rotatable bonds is 4. The van der Waals surface area contributed by atoms with Crippen LogP contribution >= 0.6 is 24.0 Å². The molecule has 1 aliphatic rings. The monoisotopic (exact) mass is 391 g/mol. The van der Waals surface area contributed by atoms with Gasteiger partial charge >= 0.3 is 0 Å². The van der Waals surface area contributed by atoms with Crippen LogP contribution in [0, 0.1) is 5.41 Å². The number of nitrogens with one attached hydrogen (secondary N) is 1. The Morgan fingerprint density at radius 1 is 1.50 bits per heavy atom. The van der Waals surface area contributed by atoms with E-state index in [4.69, 9.17) is 0 Å². The molecule has 114 valence electrons. The topological polar surface area (TPSA) is 45.5 Å². The normalized spacial score (nSPS) is 22.8. The highest BCUT2D eigenvalue weighted by Gasteiger charge is 2.33. The molecule has 0 amide bonds. The summed E-state index contributed by atoms with van der Waals surface area (Å²) in [7, 11) is 1.86. The number of aliphatic imine (C=N–C) groups is 1. The van der Waals surface area contributed by atoms with Crippen molar-refractivity contribution < 1.29 is 0 Å². The number of likely N-dealkylation sites (tertiary alicyclic amines) is 1. The average Bonchev–Trinajstić information content (AvgIpc) is 3.05. The number of nitrogens with zero attached hydrogens (tertiary/aromatic N) is 4. The van der Waals surface area contributed by atoms with Crippen LogP contribution in [-0.2, 0) is 6.54 Å². The molecule has 2 heterocycles. The van der Waals surface area contributed by atoms with Crippen LogP contribution in [-0.4, -0.2) is 47.3 Å².